The Balaban J connectivity index is 1.56. The number of benzene rings is 1. The van der Waals surface area contributed by atoms with Crippen molar-refractivity contribution in [2.45, 2.75) is 38.8 Å². The van der Waals surface area contributed by atoms with Gasteiger partial charge in [-0.25, -0.2) is 0 Å². The summed E-state index contributed by atoms with van der Waals surface area (Å²) in [4.78, 5) is 7.44. The first kappa shape index (κ1) is 18.7. The Labute approximate surface area is 167 Å². The molecule has 1 aliphatic heterocycles. The van der Waals surface area contributed by atoms with Crippen molar-refractivity contribution in [2.24, 2.45) is 7.05 Å². The highest BCUT2D eigenvalue weighted by Crippen LogP contribution is 2.33. The van der Waals surface area contributed by atoms with Gasteiger partial charge in [0.05, 0.1) is 24.5 Å². The number of ether oxygens (including phenoxy) is 1. The van der Waals surface area contributed by atoms with Crippen molar-refractivity contribution < 1.29 is 4.74 Å². The molecule has 0 saturated carbocycles. The van der Waals surface area contributed by atoms with E-state index in [1.165, 1.54) is 28.9 Å². The third-order valence-corrected chi connectivity index (χ3v) is 5.57. The van der Waals surface area contributed by atoms with E-state index in [0.29, 0.717) is 6.04 Å². The summed E-state index contributed by atoms with van der Waals surface area (Å²) in [7, 11) is 3.72. The van der Waals surface area contributed by atoms with E-state index in [4.69, 9.17) is 9.72 Å². The summed E-state index contributed by atoms with van der Waals surface area (Å²) in [6.45, 7) is 4.12. The summed E-state index contributed by atoms with van der Waals surface area (Å²) >= 11 is 0. The lowest BCUT2D eigenvalue weighted by atomic mass is 10.0. The van der Waals surface area contributed by atoms with E-state index >= 15 is 0 Å². The first-order valence-corrected chi connectivity index (χ1v) is 9.93. The second-order valence-corrected chi connectivity index (χ2v) is 7.64. The average molecular weight is 377 g/mol. The first-order valence-electron chi connectivity index (χ1n) is 9.93. The molecule has 0 unspecified atom stereocenters. The molecule has 146 valence electrons. The monoisotopic (exact) mass is 376 g/mol. The van der Waals surface area contributed by atoms with E-state index < -0.39 is 0 Å². The van der Waals surface area contributed by atoms with E-state index in [-0.39, 0.29) is 0 Å². The van der Waals surface area contributed by atoms with Gasteiger partial charge in [0.2, 0.25) is 0 Å². The minimum Gasteiger partial charge on any atom is -0.497 e. The highest BCUT2D eigenvalue weighted by Gasteiger charge is 2.28. The number of hydrogen-bond donors (Lipinski definition) is 0. The molecule has 1 fully saturated rings. The van der Waals surface area contributed by atoms with Crippen molar-refractivity contribution in [1.29, 1.82) is 0 Å². The lowest BCUT2D eigenvalue weighted by molar-refractivity contribution is 0.238. The molecule has 1 atom stereocenters. The molecule has 0 bridgehead atoms. The summed E-state index contributed by atoms with van der Waals surface area (Å²) in [5.41, 5.74) is 6.09. The van der Waals surface area contributed by atoms with E-state index in [2.05, 4.69) is 53.3 Å². The zero-order chi connectivity index (χ0) is 19.5. The number of methoxy groups -OCH3 is 1. The minimum atomic E-state index is 0.374. The molecule has 0 radical (unpaired) electrons. The predicted molar refractivity (Wildman–Crippen MR) is 110 cm³/mol. The van der Waals surface area contributed by atoms with Crippen LogP contribution in [0.3, 0.4) is 0 Å². The Kier molecular flexibility index (Phi) is 5.44. The van der Waals surface area contributed by atoms with Crippen molar-refractivity contribution >= 4 is 0 Å². The summed E-state index contributed by atoms with van der Waals surface area (Å²) in [6.07, 6.45) is 5.13. The first-order chi connectivity index (χ1) is 13.6. The quantitative estimate of drug-likeness (QED) is 0.651. The lowest BCUT2D eigenvalue weighted by Gasteiger charge is -2.24. The van der Waals surface area contributed by atoms with E-state index in [0.717, 1.165) is 37.4 Å². The molecule has 4 rings (SSSR count). The van der Waals surface area contributed by atoms with Crippen LogP contribution < -0.4 is 4.74 Å². The zero-order valence-electron chi connectivity index (χ0n) is 16.9. The fourth-order valence-electron chi connectivity index (χ4n) is 4.17. The van der Waals surface area contributed by atoms with Crippen LogP contribution in [0.5, 0.6) is 5.75 Å². The standard InChI is InChI=1S/C23H28N4O/c1-17-12-19(13-18-6-4-7-21(14-18)28-3)15-22(25-17)23-8-5-11-27(23)16-20-9-10-24-26(20)2/h4,6-7,9-10,12,14-15,23H,5,8,11,13,16H2,1-3H3/t23-/m0/s1. The largest absolute Gasteiger partial charge is 0.497 e. The number of pyridine rings is 1. The molecule has 0 amide bonds. The fourth-order valence-corrected chi connectivity index (χ4v) is 4.17. The van der Waals surface area contributed by atoms with Gasteiger partial charge in [0.1, 0.15) is 5.75 Å². The summed E-state index contributed by atoms with van der Waals surface area (Å²) < 4.78 is 7.33. The number of hydrogen-bond acceptors (Lipinski definition) is 4. The van der Waals surface area contributed by atoms with Crippen molar-refractivity contribution in [3.63, 3.8) is 0 Å². The maximum atomic E-state index is 5.37. The SMILES string of the molecule is COc1cccc(Cc2cc(C)nc([C@@H]3CCCN3Cc3ccnn3C)c2)c1. The van der Waals surface area contributed by atoms with Crippen molar-refractivity contribution in [3.8, 4) is 5.75 Å². The summed E-state index contributed by atoms with van der Waals surface area (Å²) in [6, 6.07) is 15.3. The molecule has 2 aromatic heterocycles. The Morgan fingerprint density at radius 3 is 2.82 bits per heavy atom. The van der Waals surface area contributed by atoms with Gasteiger partial charge in [0.25, 0.3) is 0 Å². The number of likely N-dealkylation sites (tertiary alicyclic amines) is 1. The predicted octanol–water partition coefficient (Wildman–Crippen LogP) is 4.06. The molecule has 3 heterocycles. The maximum Gasteiger partial charge on any atom is 0.119 e. The molecule has 1 aromatic carbocycles. The molecule has 0 aliphatic carbocycles. The van der Waals surface area contributed by atoms with Gasteiger partial charge in [-0.15, -0.1) is 0 Å². The summed E-state index contributed by atoms with van der Waals surface area (Å²) in [5, 5.41) is 4.31. The van der Waals surface area contributed by atoms with Crippen LogP contribution in [0.2, 0.25) is 0 Å². The lowest BCUT2D eigenvalue weighted by Crippen LogP contribution is -2.25. The van der Waals surface area contributed by atoms with Crippen LogP contribution in [0.1, 0.15) is 47.1 Å². The van der Waals surface area contributed by atoms with Crippen LogP contribution in [0.25, 0.3) is 0 Å². The van der Waals surface area contributed by atoms with Crippen LogP contribution >= 0.6 is 0 Å². The highest BCUT2D eigenvalue weighted by molar-refractivity contribution is 5.34. The van der Waals surface area contributed by atoms with Crippen LogP contribution in [0.4, 0.5) is 0 Å². The molecule has 1 saturated heterocycles. The van der Waals surface area contributed by atoms with Crippen molar-refractivity contribution in [1.82, 2.24) is 19.7 Å². The van der Waals surface area contributed by atoms with Gasteiger partial charge < -0.3 is 4.74 Å². The smallest absolute Gasteiger partial charge is 0.119 e. The molecule has 0 N–H and O–H groups in total. The molecular formula is C23H28N4O. The average Bonchev–Trinajstić information content (AvgIpc) is 3.31. The minimum absolute atomic E-state index is 0.374. The topological polar surface area (TPSA) is 43.2 Å². The van der Waals surface area contributed by atoms with Gasteiger partial charge in [-0.1, -0.05) is 12.1 Å². The molecule has 5 heteroatoms. The Bertz CT molecular complexity index is 949. The fraction of sp³-hybridized carbons (Fsp3) is 0.391. The highest BCUT2D eigenvalue weighted by atomic mass is 16.5. The van der Waals surface area contributed by atoms with E-state index in [1.54, 1.807) is 7.11 Å². The number of rotatable bonds is 6. The normalized spacial score (nSPS) is 17.2. The molecular weight excluding hydrogens is 348 g/mol. The van der Waals surface area contributed by atoms with E-state index in [9.17, 15) is 0 Å². The van der Waals surface area contributed by atoms with Crippen LogP contribution in [0.15, 0.2) is 48.7 Å². The molecule has 0 spiro atoms. The molecule has 1 aliphatic rings. The summed E-state index contributed by atoms with van der Waals surface area (Å²) in [5.74, 6) is 0.904. The Morgan fingerprint density at radius 2 is 2.04 bits per heavy atom. The second-order valence-electron chi connectivity index (χ2n) is 7.64. The van der Waals surface area contributed by atoms with E-state index in [1.807, 2.05) is 24.0 Å². The number of aryl methyl sites for hydroxylation is 2. The molecule has 28 heavy (non-hydrogen) atoms. The molecule has 3 aromatic rings. The van der Waals surface area contributed by atoms with Gasteiger partial charge in [0.15, 0.2) is 0 Å². The van der Waals surface area contributed by atoms with Gasteiger partial charge in [0, 0.05) is 25.5 Å². The third-order valence-electron chi connectivity index (χ3n) is 5.57. The maximum absolute atomic E-state index is 5.37. The van der Waals surface area contributed by atoms with Gasteiger partial charge in [-0.3, -0.25) is 14.6 Å². The van der Waals surface area contributed by atoms with Crippen LogP contribution in [-0.4, -0.2) is 33.3 Å². The number of nitrogens with zero attached hydrogens (tertiary/aromatic N) is 4. The van der Waals surface area contributed by atoms with Crippen molar-refractivity contribution in [3.05, 3.63) is 76.9 Å². The second kappa shape index (κ2) is 8.15. The Hall–Kier alpha value is -2.66. The van der Waals surface area contributed by atoms with Gasteiger partial charge in [-0.05, 0) is 74.2 Å². The third kappa shape index (κ3) is 4.09. The molecule has 5 nitrogen and oxygen atoms in total. The zero-order valence-corrected chi connectivity index (χ0v) is 16.9. The van der Waals surface area contributed by atoms with Crippen molar-refractivity contribution in [2.75, 3.05) is 13.7 Å². The van der Waals surface area contributed by atoms with Gasteiger partial charge in [-0.2, -0.15) is 5.10 Å². The van der Waals surface area contributed by atoms with Crippen LogP contribution in [0, 0.1) is 6.92 Å². The van der Waals surface area contributed by atoms with Gasteiger partial charge >= 0.3 is 0 Å². The van der Waals surface area contributed by atoms with Crippen LogP contribution in [-0.2, 0) is 20.0 Å². The number of aromatic nitrogens is 3. The Morgan fingerprint density at radius 1 is 1.14 bits per heavy atom.